The predicted molar refractivity (Wildman–Crippen MR) is 68.1 cm³/mol. The largest absolute Gasteiger partial charge is 0.543 e. The molecule has 1 aromatic rings. The van der Waals surface area contributed by atoms with E-state index in [9.17, 15) is 0 Å². The van der Waals surface area contributed by atoms with Gasteiger partial charge in [0.1, 0.15) is 5.75 Å². The second-order valence-corrected chi connectivity index (χ2v) is 5.47. The molecule has 0 atom stereocenters. The Hall–Kier alpha value is -1.10. The summed E-state index contributed by atoms with van der Waals surface area (Å²) < 4.78 is 16.3. The van der Waals surface area contributed by atoms with Gasteiger partial charge in [0, 0.05) is 14.2 Å². The van der Waals surface area contributed by atoms with Gasteiger partial charge in [-0.2, -0.15) is 0 Å². The smallest absolute Gasteiger partial charge is 0.282 e. The molecule has 0 radical (unpaired) electrons. The summed E-state index contributed by atoms with van der Waals surface area (Å²) >= 11 is 0. The van der Waals surface area contributed by atoms with Gasteiger partial charge in [0.25, 0.3) is 9.76 Å². The van der Waals surface area contributed by atoms with Crippen LogP contribution in [-0.2, 0) is 9.47 Å². The van der Waals surface area contributed by atoms with Gasteiger partial charge in [0.15, 0.2) is 5.41 Å². The number of ether oxygens (including phenoxy) is 2. The molecule has 0 amide bonds. The summed E-state index contributed by atoms with van der Waals surface area (Å²) in [5.74, 6) is 0.837. The van der Waals surface area contributed by atoms with Crippen LogP contribution in [0, 0.1) is 0 Å². The highest BCUT2D eigenvalue weighted by molar-refractivity contribution is 6.31. The molecule has 0 saturated carbocycles. The van der Waals surface area contributed by atoms with Crippen LogP contribution in [0.3, 0.4) is 0 Å². The molecular weight excluding hydrogens is 220 g/mol. The van der Waals surface area contributed by atoms with Crippen molar-refractivity contribution < 1.29 is 13.9 Å². The highest BCUT2D eigenvalue weighted by Crippen LogP contribution is 2.16. The van der Waals surface area contributed by atoms with Crippen LogP contribution in [0.15, 0.2) is 30.8 Å². The normalized spacial score (nSPS) is 11.9. The molecule has 0 unspecified atom stereocenters. The first-order valence-electron chi connectivity index (χ1n) is 5.09. The van der Waals surface area contributed by atoms with Crippen LogP contribution >= 0.6 is 0 Å². The number of hydrogen-bond acceptors (Lipinski definition) is 3. The van der Waals surface area contributed by atoms with Crippen molar-refractivity contribution in [1.82, 2.24) is 0 Å². The first-order valence-corrected chi connectivity index (χ1v) is 6.37. The number of benzene rings is 1. The summed E-state index contributed by atoms with van der Waals surface area (Å²) in [6.07, 6.45) is 1.79. The molecule has 0 N–H and O–H groups in total. The van der Waals surface area contributed by atoms with Crippen molar-refractivity contribution in [3.8, 4) is 5.75 Å². The average Bonchev–Trinajstić information content (AvgIpc) is 2.36. The van der Waals surface area contributed by atoms with Crippen molar-refractivity contribution in [3.05, 3.63) is 36.4 Å². The van der Waals surface area contributed by atoms with Crippen molar-refractivity contribution in [2.45, 2.75) is 12.3 Å². The van der Waals surface area contributed by atoms with Crippen LogP contribution in [-0.4, -0.2) is 29.4 Å². The Bertz CT molecular complexity index is 348. The maximum atomic E-state index is 5.74. The highest BCUT2D eigenvalue weighted by Gasteiger charge is 2.25. The highest BCUT2D eigenvalue weighted by atomic mass is 28.2. The first-order chi connectivity index (χ1) is 7.63. The van der Waals surface area contributed by atoms with Crippen molar-refractivity contribution in [2.24, 2.45) is 0 Å². The van der Waals surface area contributed by atoms with Crippen molar-refractivity contribution >= 4 is 15.8 Å². The van der Waals surface area contributed by atoms with Gasteiger partial charge in [0.05, 0.1) is 0 Å². The van der Waals surface area contributed by atoms with E-state index in [2.05, 4.69) is 6.58 Å². The van der Waals surface area contributed by atoms with Crippen molar-refractivity contribution in [3.63, 3.8) is 0 Å². The molecule has 0 aliphatic heterocycles. The van der Waals surface area contributed by atoms with Crippen molar-refractivity contribution in [1.29, 1.82) is 0 Å². The Kier molecular flexibility index (Phi) is 4.73. The van der Waals surface area contributed by atoms with E-state index in [-0.39, 0.29) is 0 Å². The monoisotopic (exact) mass is 238 g/mol. The lowest BCUT2D eigenvalue weighted by Crippen LogP contribution is -2.40. The third-order valence-corrected chi connectivity index (χ3v) is 4.04. The molecule has 4 heteroatoms. The zero-order valence-corrected chi connectivity index (χ0v) is 11.4. The Morgan fingerprint density at radius 2 is 2.00 bits per heavy atom. The molecule has 0 spiro atoms. The summed E-state index contributed by atoms with van der Waals surface area (Å²) in [7, 11) is 2.28. The molecule has 0 bridgehead atoms. The molecule has 1 rings (SSSR count). The van der Waals surface area contributed by atoms with Gasteiger partial charge in [-0.15, -0.1) is 0 Å². The third-order valence-electron chi connectivity index (χ3n) is 2.46. The fourth-order valence-electron chi connectivity index (χ4n) is 1.15. The molecule has 16 heavy (non-hydrogen) atoms. The zero-order chi connectivity index (χ0) is 12.0. The summed E-state index contributed by atoms with van der Waals surface area (Å²) in [5.41, 5.74) is 0.465. The average molecular weight is 238 g/mol. The second-order valence-electron chi connectivity index (χ2n) is 3.61. The molecular formula is C12H18O3Si. The molecule has 3 nitrogen and oxygen atoms in total. The molecule has 1 aromatic carbocycles. The van der Waals surface area contributed by atoms with Gasteiger partial charge in [-0.1, -0.05) is 24.8 Å². The molecule has 0 fully saturated rings. The summed E-state index contributed by atoms with van der Waals surface area (Å²) in [6.45, 7) is 5.61. The minimum Gasteiger partial charge on any atom is -0.543 e. The van der Waals surface area contributed by atoms with Crippen LogP contribution in [0.4, 0.5) is 0 Å². The van der Waals surface area contributed by atoms with E-state index in [1.807, 2.05) is 31.2 Å². The Balaban J connectivity index is 2.63. The Labute approximate surface area is 99.0 Å². The fourth-order valence-corrected chi connectivity index (χ4v) is 1.99. The van der Waals surface area contributed by atoms with E-state index in [4.69, 9.17) is 13.9 Å². The number of methoxy groups -OCH3 is 2. The Morgan fingerprint density at radius 3 is 2.56 bits per heavy atom. The van der Waals surface area contributed by atoms with Gasteiger partial charge in [-0.3, -0.25) is 0 Å². The van der Waals surface area contributed by atoms with Gasteiger partial charge in [-0.25, -0.2) is 0 Å². The van der Waals surface area contributed by atoms with Crippen LogP contribution in [0.25, 0.3) is 6.08 Å². The van der Waals surface area contributed by atoms with Crippen LogP contribution in [0.2, 0.25) is 0 Å². The molecule has 0 saturated heterocycles. The van der Waals surface area contributed by atoms with Crippen molar-refractivity contribution in [2.75, 3.05) is 14.2 Å². The third kappa shape index (κ3) is 3.48. The van der Waals surface area contributed by atoms with Crippen LogP contribution in [0.1, 0.15) is 12.5 Å². The van der Waals surface area contributed by atoms with Crippen LogP contribution < -0.4 is 4.43 Å². The van der Waals surface area contributed by atoms with Gasteiger partial charge in [-0.05, 0) is 24.6 Å². The zero-order valence-electron chi connectivity index (χ0n) is 10.0. The van der Waals surface area contributed by atoms with E-state index >= 15 is 0 Å². The summed E-state index contributed by atoms with van der Waals surface area (Å²) in [5, 5.41) is 0. The minimum absolute atomic E-state index is 0.579. The topological polar surface area (TPSA) is 27.7 Å². The standard InChI is InChI=1S/C12H18O3Si/c1-5-10-7-6-8-11(9-10)15-16-12(2,13-3)14-4/h5-9H,1,16H2,2-4H3. The van der Waals surface area contributed by atoms with E-state index in [0.29, 0.717) is 0 Å². The van der Waals surface area contributed by atoms with E-state index in [1.165, 1.54) is 0 Å². The first kappa shape index (κ1) is 13.0. The minimum atomic E-state index is -0.972. The fraction of sp³-hybridized carbons (Fsp3) is 0.333. The summed E-state index contributed by atoms with van der Waals surface area (Å²) in [6, 6.07) is 7.79. The quantitative estimate of drug-likeness (QED) is 0.558. The lowest BCUT2D eigenvalue weighted by Gasteiger charge is -2.25. The molecule has 0 heterocycles. The maximum Gasteiger partial charge on any atom is 0.282 e. The molecule has 88 valence electrons. The molecule has 0 aromatic heterocycles. The van der Waals surface area contributed by atoms with E-state index in [1.54, 1.807) is 20.3 Å². The SMILES string of the molecule is C=Cc1cccc(O[SiH2]C(C)(OC)OC)c1. The van der Waals surface area contributed by atoms with Gasteiger partial charge < -0.3 is 13.9 Å². The lowest BCUT2D eigenvalue weighted by atomic mass is 10.2. The van der Waals surface area contributed by atoms with E-state index in [0.717, 1.165) is 11.3 Å². The summed E-state index contributed by atoms with van der Waals surface area (Å²) in [4.78, 5) is 0. The maximum absolute atomic E-state index is 5.74. The molecule has 0 aliphatic rings. The second kappa shape index (κ2) is 5.84. The Morgan fingerprint density at radius 1 is 1.31 bits per heavy atom. The van der Waals surface area contributed by atoms with E-state index < -0.39 is 15.2 Å². The molecule has 0 aliphatic carbocycles. The van der Waals surface area contributed by atoms with Crippen LogP contribution in [0.5, 0.6) is 5.75 Å². The predicted octanol–water partition coefficient (Wildman–Crippen LogP) is 1.76. The van der Waals surface area contributed by atoms with Gasteiger partial charge >= 0.3 is 0 Å². The number of hydrogen-bond donors (Lipinski definition) is 0. The van der Waals surface area contributed by atoms with Gasteiger partial charge in [0.2, 0.25) is 0 Å². The lowest BCUT2D eigenvalue weighted by molar-refractivity contribution is -0.135. The number of rotatable bonds is 6.